The van der Waals surface area contributed by atoms with Gasteiger partial charge in [0.25, 0.3) is 11.8 Å². The Morgan fingerprint density at radius 2 is 1.62 bits per heavy atom. The van der Waals surface area contributed by atoms with Crippen molar-refractivity contribution in [3.05, 3.63) is 70.4 Å². The summed E-state index contributed by atoms with van der Waals surface area (Å²) < 4.78 is 5.36. The third-order valence-corrected chi connectivity index (χ3v) is 5.04. The summed E-state index contributed by atoms with van der Waals surface area (Å²) in [5.74, 6) is -0.550. The fourth-order valence-corrected chi connectivity index (χ4v) is 3.36. The van der Waals surface area contributed by atoms with Crippen LogP contribution in [0.25, 0.3) is 5.57 Å². The maximum absolute atomic E-state index is 13.2. The van der Waals surface area contributed by atoms with Gasteiger partial charge in [-0.3, -0.25) is 14.5 Å². The molecule has 1 N–H and O–H groups in total. The van der Waals surface area contributed by atoms with Crippen molar-refractivity contribution in [2.24, 2.45) is 0 Å². The van der Waals surface area contributed by atoms with Crippen molar-refractivity contribution < 1.29 is 14.3 Å². The van der Waals surface area contributed by atoms with Crippen molar-refractivity contribution in [3.8, 4) is 0 Å². The molecule has 1 aliphatic heterocycles. The number of aryl methyl sites for hydroxylation is 3. The molecule has 0 radical (unpaired) electrons. The molecule has 1 aliphatic rings. The highest BCUT2D eigenvalue weighted by molar-refractivity contribution is 6.36. The van der Waals surface area contributed by atoms with Crippen LogP contribution < -0.4 is 5.32 Å². The van der Waals surface area contributed by atoms with E-state index in [1.807, 2.05) is 70.2 Å². The molecule has 0 aliphatic carbocycles. The van der Waals surface area contributed by atoms with E-state index in [4.69, 9.17) is 4.74 Å². The summed E-state index contributed by atoms with van der Waals surface area (Å²) in [6, 6.07) is 13.7. The monoisotopic (exact) mass is 392 g/mol. The molecular weight excluding hydrogens is 364 g/mol. The first kappa shape index (κ1) is 20.8. The van der Waals surface area contributed by atoms with Crippen molar-refractivity contribution in [2.45, 2.75) is 34.1 Å². The first-order valence-corrected chi connectivity index (χ1v) is 10.0. The van der Waals surface area contributed by atoms with Crippen molar-refractivity contribution >= 4 is 23.1 Å². The Balaban J connectivity index is 1.97. The Morgan fingerprint density at radius 1 is 0.931 bits per heavy atom. The highest BCUT2D eigenvalue weighted by atomic mass is 16.5. The van der Waals surface area contributed by atoms with Gasteiger partial charge >= 0.3 is 0 Å². The normalized spacial score (nSPS) is 14.1. The topological polar surface area (TPSA) is 58.6 Å². The van der Waals surface area contributed by atoms with Gasteiger partial charge in [0, 0.05) is 25.4 Å². The number of imide groups is 1. The number of carbonyl (C=O) groups is 2. The van der Waals surface area contributed by atoms with Crippen LogP contribution in [0.5, 0.6) is 0 Å². The van der Waals surface area contributed by atoms with Crippen LogP contribution in [0, 0.1) is 20.8 Å². The molecule has 0 saturated heterocycles. The molecule has 1 heterocycles. The van der Waals surface area contributed by atoms with E-state index in [1.54, 1.807) is 0 Å². The highest BCUT2D eigenvalue weighted by Crippen LogP contribution is 2.31. The molecule has 0 fully saturated rings. The average molecular weight is 392 g/mol. The Bertz CT molecular complexity index is 945. The third-order valence-electron chi connectivity index (χ3n) is 5.04. The third kappa shape index (κ3) is 4.57. The lowest BCUT2D eigenvalue weighted by Gasteiger charge is -2.15. The molecule has 0 unspecified atom stereocenters. The van der Waals surface area contributed by atoms with Gasteiger partial charge in [0.1, 0.15) is 5.70 Å². The summed E-state index contributed by atoms with van der Waals surface area (Å²) in [5.41, 5.74) is 5.54. The van der Waals surface area contributed by atoms with Crippen LogP contribution in [0.1, 0.15) is 35.6 Å². The molecule has 0 saturated carbocycles. The van der Waals surface area contributed by atoms with Crippen molar-refractivity contribution in [1.29, 1.82) is 0 Å². The lowest BCUT2D eigenvalue weighted by atomic mass is 10.0. The maximum atomic E-state index is 13.2. The molecule has 152 valence electrons. The fraction of sp³-hybridized carbons (Fsp3) is 0.333. The quantitative estimate of drug-likeness (QED) is 0.539. The number of hydrogen-bond donors (Lipinski definition) is 1. The van der Waals surface area contributed by atoms with Gasteiger partial charge in [0.2, 0.25) is 0 Å². The molecule has 2 aromatic rings. The SMILES string of the molecule is CCOCCCN1C(=O)C(Nc2cc(C)ccc2C)=C(c2ccc(C)cc2)C1=O. The highest BCUT2D eigenvalue weighted by Gasteiger charge is 2.38. The van der Waals surface area contributed by atoms with Gasteiger partial charge in [-0.1, -0.05) is 42.0 Å². The molecule has 5 nitrogen and oxygen atoms in total. The predicted molar refractivity (Wildman–Crippen MR) is 115 cm³/mol. The minimum absolute atomic E-state index is 0.261. The van der Waals surface area contributed by atoms with Crippen molar-refractivity contribution in [3.63, 3.8) is 0 Å². The molecule has 0 aromatic heterocycles. The first-order chi connectivity index (χ1) is 13.9. The zero-order valence-corrected chi connectivity index (χ0v) is 17.5. The first-order valence-electron chi connectivity index (χ1n) is 10.0. The second-order valence-corrected chi connectivity index (χ2v) is 7.37. The van der Waals surface area contributed by atoms with Crippen molar-refractivity contribution in [2.75, 3.05) is 25.1 Å². The maximum Gasteiger partial charge on any atom is 0.278 e. The second kappa shape index (κ2) is 9.05. The molecule has 0 spiro atoms. The minimum atomic E-state index is -0.289. The number of nitrogens with zero attached hydrogens (tertiary/aromatic N) is 1. The lowest BCUT2D eigenvalue weighted by Crippen LogP contribution is -2.34. The summed E-state index contributed by atoms with van der Waals surface area (Å²) >= 11 is 0. The van der Waals surface area contributed by atoms with E-state index in [0.717, 1.165) is 27.9 Å². The largest absolute Gasteiger partial charge is 0.382 e. The van der Waals surface area contributed by atoms with Gasteiger partial charge in [-0.05, 0) is 56.9 Å². The van der Waals surface area contributed by atoms with E-state index < -0.39 is 0 Å². The molecule has 5 heteroatoms. The van der Waals surface area contributed by atoms with Gasteiger partial charge in [-0.2, -0.15) is 0 Å². The van der Waals surface area contributed by atoms with E-state index >= 15 is 0 Å². The lowest BCUT2D eigenvalue weighted by molar-refractivity contribution is -0.137. The second-order valence-electron chi connectivity index (χ2n) is 7.37. The molecule has 0 bridgehead atoms. The summed E-state index contributed by atoms with van der Waals surface area (Å²) in [5, 5.41) is 3.26. The van der Waals surface area contributed by atoms with E-state index in [2.05, 4.69) is 5.32 Å². The summed E-state index contributed by atoms with van der Waals surface area (Å²) in [6.07, 6.45) is 0.614. The molecule has 0 atom stereocenters. The summed E-state index contributed by atoms with van der Waals surface area (Å²) in [7, 11) is 0. The Labute approximate surface area is 172 Å². The van der Waals surface area contributed by atoms with Crippen LogP contribution >= 0.6 is 0 Å². The summed E-state index contributed by atoms with van der Waals surface area (Å²) in [6.45, 7) is 9.38. The number of amides is 2. The number of benzene rings is 2. The fourth-order valence-electron chi connectivity index (χ4n) is 3.36. The van der Waals surface area contributed by atoms with E-state index in [0.29, 0.717) is 37.4 Å². The zero-order valence-electron chi connectivity index (χ0n) is 17.5. The van der Waals surface area contributed by atoms with E-state index in [1.165, 1.54) is 4.90 Å². The number of rotatable bonds is 8. The Morgan fingerprint density at radius 3 is 2.31 bits per heavy atom. The number of ether oxygens (including phenoxy) is 1. The Hall–Kier alpha value is -2.92. The smallest absolute Gasteiger partial charge is 0.278 e. The van der Waals surface area contributed by atoms with Crippen LogP contribution in [0.4, 0.5) is 5.69 Å². The van der Waals surface area contributed by atoms with Gasteiger partial charge in [0.15, 0.2) is 0 Å². The van der Waals surface area contributed by atoms with Crippen LogP contribution in [0.2, 0.25) is 0 Å². The van der Waals surface area contributed by atoms with E-state index in [9.17, 15) is 9.59 Å². The van der Waals surface area contributed by atoms with Gasteiger partial charge in [0.05, 0.1) is 5.57 Å². The van der Waals surface area contributed by atoms with Crippen LogP contribution in [-0.2, 0) is 14.3 Å². The summed E-state index contributed by atoms with van der Waals surface area (Å²) in [4.78, 5) is 27.7. The minimum Gasteiger partial charge on any atom is -0.382 e. The molecule has 29 heavy (non-hydrogen) atoms. The van der Waals surface area contributed by atoms with Crippen molar-refractivity contribution in [1.82, 2.24) is 4.90 Å². The Kier molecular flexibility index (Phi) is 6.49. The zero-order chi connectivity index (χ0) is 21.0. The van der Waals surface area contributed by atoms with Crippen LogP contribution in [-0.4, -0.2) is 36.5 Å². The van der Waals surface area contributed by atoms with Gasteiger partial charge in [-0.25, -0.2) is 0 Å². The number of carbonyl (C=O) groups excluding carboxylic acids is 2. The molecule has 2 aromatic carbocycles. The van der Waals surface area contributed by atoms with E-state index in [-0.39, 0.29) is 11.8 Å². The predicted octanol–water partition coefficient (Wildman–Crippen LogP) is 4.23. The molecule has 3 rings (SSSR count). The molecule has 2 amide bonds. The van der Waals surface area contributed by atoms with Gasteiger partial charge in [-0.15, -0.1) is 0 Å². The van der Waals surface area contributed by atoms with Crippen LogP contribution in [0.15, 0.2) is 48.2 Å². The standard InChI is InChI=1S/C24H28N2O3/c1-5-29-14-6-13-26-23(27)21(19-11-8-16(2)9-12-19)22(24(26)28)25-20-15-17(3)7-10-18(20)4/h7-12,15,25H,5-6,13-14H2,1-4H3. The van der Waals surface area contributed by atoms with Gasteiger partial charge < -0.3 is 10.1 Å². The average Bonchev–Trinajstić information content (AvgIpc) is 2.93. The number of hydrogen-bond acceptors (Lipinski definition) is 4. The molecular formula is C24H28N2O3. The van der Waals surface area contributed by atoms with Crippen LogP contribution in [0.3, 0.4) is 0 Å². The number of nitrogens with one attached hydrogen (secondary N) is 1. The number of anilines is 1.